The van der Waals surface area contributed by atoms with E-state index < -0.39 is 0 Å². The summed E-state index contributed by atoms with van der Waals surface area (Å²) >= 11 is 0. The number of nitrogens with two attached hydrogens (primary N) is 1. The van der Waals surface area contributed by atoms with Gasteiger partial charge in [0, 0.05) is 19.8 Å². The second-order valence-electron chi connectivity index (χ2n) is 4.63. The molecule has 0 saturated carbocycles. The lowest BCUT2D eigenvalue weighted by Crippen LogP contribution is -2.17. The molecule has 0 bridgehead atoms. The fourth-order valence-electron chi connectivity index (χ4n) is 1.70. The van der Waals surface area contributed by atoms with Crippen molar-refractivity contribution < 1.29 is 4.74 Å². The Bertz CT molecular complexity index is 630. The van der Waals surface area contributed by atoms with Crippen molar-refractivity contribution in [1.29, 1.82) is 0 Å². The quantitative estimate of drug-likeness (QED) is 0.627. The Morgan fingerprint density at radius 1 is 1.19 bits per heavy atom. The SMILES string of the molecule is CCc1nc(C)ccc1Oc1nc(NN)nc(N(C)C)n1. The Hall–Kier alpha value is -2.48. The van der Waals surface area contributed by atoms with Crippen molar-refractivity contribution in [2.45, 2.75) is 20.3 Å². The Morgan fingerprint density at radius 3 is 2.57 bits per heavy atom. The molecule has 0 aliphatic carbocycles. The van der Waals surface area contributed by atoms with Crippen molar-refractivity contribution in [2.24, 2.45) is 5.84 Å². The third-order valence-corrected chi connectivity index (χ3v) is 2.74. The summed E-state index contributed by atoms with van der Waals surface area (Å²) in [6.45, 7) is 3.95. The maximum Gasteiger partial charge on any atom is 0.328 e. The molecule has 0 aromatic carbocycles. The molecule has 0 spiro atoms. The zero-order chi connectivity index (χ0) is 15.4. The normalized spacial score (nSPS) is 10.3. The molecule has 2 rings (SSSR count). The van der Waals surface area contributed by atoms with E-state index in [2.05, 4.69) is 25.4 Å². The fraction of sp³-hybridized carbons (Fsp3) is 0.385. The molecule has 0 radical (unpaired) electrons. The van der Waals surface area contributed by atoms with Gasteiger partial charge in [0.2, 0.25) is 11.9 Å². The van der Waals surface area contributed by atoms with E-state index >= 15 is 0 Å². The smallest absolute Gasteiger partial charge is 0.328 e. The number of pyridine rings is 1. The molecule has 112 valence electrons. The maximum absolute atomic E-state index is 5.74. The van der Waals surface area contributed by atoms with E-state index in [1.165, 1.54) is 0 Å². The molecule has 0 fully saturated rings. The number of nitrogens with one attached hydrogen (secondary N) is 1. The Kier molecular flexibility index (Phi) is 4.49. The van der Waals surface area contributed by atoms with Crippen LogP contribution in [0.25, 0.3) is 0 Å². The molecule has 21 heavy (non-hydrogen) atoms. The standard InChI is InChI=1S/C13H19N7O/c1-5-9-10(7-6-8(2)15-9)21-13-17-11(19-14)16-12(18-13)20(3)4/h6-7H,5,14H2,1-4H3,(H,16,17,18,19). The minimum absolute atomic E-state index is 0.169. The molecule has 3 N–H and O–H groups in total. The van der Waals surface area contributed by atoms with Crippen LogP contribution in [0.1, 0.15) is 18.3 Å². The summed E-state index contributed by atoms with van der Waals surface area (Å²) < 4.78 is 5.74. The topological polar surface area (TPSA) is 102 Å². The molecule has 0 saturated heterocycles. The van der Waals surface area contributed by atoms with E-state index in [0.717, 1.165) is 17.8 Å². The average molecular weight is 289 g/mol. The number of nitrogens with zero attached hydrogens (tertiary/aromatic N) is 5. The van der Waals surface area contributed by atoms with Gasteiger partial charge in [-0.3, -0.25) is 10.4 Å². The molecular formula is C13H19N7O. The number of hydrogen-bond acceptors (Lipinski definition) is 8. The first-order valence-electron chi connectivity index (χ1n) is 6.58. The molecule has 0 unspecified atom stereocenters. The molecule has 0 aliphatic heterocycles. The van der Waals surface area contributed by atoms with Gasteiger partial charge < -0.3 is 9.64 Å². The zero-order valence-corrected chi connectivity index (χ0v) is 12.6. The molecule has 0 atom stereocenters. The summed E-state index contributed by atoms with van der Waals surface area (Å²) in [5.41, 5.74) is 4.19. The minimum Gasteiger partial charge on any atom is -0.422 e. The third-order valence-electron chi connectivity index (χ3n) is 2.74. The van der Waals surface area contributed by atoms with E-state index in [9.17, 15) is 0 Å². The summed E-state index contributed by atoms with van der Waals surface area (Å²) in [6, 6.07) is 3.91. The summed E-state index contributed by atoms with van der Waals surface area (Å²) in [5, 5.41) is 0. The van der Waals surface area contributed by atoms with Crippen LogP contribution in [0, 0.1) is 6.92 Å². The highest BCUT2D eigenvalue weighted by Crippen LogP contribution is 2.24. The number of hydrogen-bond donors (Lipinski definition) is 2. The molecule has 0 aliphatic rings. The highest BCUT2D eigenvalue weighted by Gasteiger charge is 2.12. The summed E-state index contributed by atoms with van der Waals surface area (Å²) in [6.07, 6.45) is 0.755. The van der Waals surface area contributed by atoms with Crippen LogP contribution < -0.4 is 20.9 Å². The van der Waals surface area contributed by atoms with Crippen LogP contribution in [0.4, 0.5) is 11.9 Å². The molecule has 2 aromatic heterocycles. The number of nitrogen functional groups attached to an aromatic ring is 1. The van der Waals surface area contributed by atoms with Crippen LogP contribution in [0.3, 0.4) is 0 Å². The maximum atomic E-state index is 5.74. The summed E-state index contributed by atoms with van der Waals surface area (Å²) in [5.74, 6) is 6.68. The van der Waals surface area contributed by atoms with Crippen LogP contribution in [-0.4, -0.2) is 34.0 Å². The molecular weight excluding hydrogens is 270 g/mol. The Balaban J connectivity index is 2.37. The second kappa shape index (κ2) is 6.31. The van der Waals surface area contributed by atoms with Crippen molar-refractivity contribution in [3.8, 4) is 11.8 Å². The second-order valence-corrected chi connectivity index (χ2v) is 4.63. The first-order chi connectivity index (χ1) is 10.0. The summed E-state index contributed by atoms with van der Waals surface area (Å²) in [4.78, 5) is 18.6. The van der Waals surface area contributed by atoms with E-state index in [1.807, 2.05) is 40.1 Å². The molecule has 2 aromatic rings. The first-order valence-corrected chi connectivity index (χ1v) is 6.58. The predicted molar refractivity (Wildman–Crippen MR) is 80.4 cm³/mol. The van der Waals surface area contributed by atoms with Crippen LogP contribution in [-0.2, 0) is 6.42 Å². The van der Waals surface area contributed by atoms with Gasteiger partial charge in [-0.05, 0) is 25.5 Å². The number of hydrazine groups is 1. The van der Waals surface area contributed by atoms with Gasteiger partial charge >= 0.3 is 6.01 Å². The number of ether oxygens (including phenoxy) is 1. The van der Waals surface area contributed by atoms with Gasteiger partial charge in [-0.25, -0.2) is 5.84 Å². The lowest BCUT2D eigenvalue weighted by molar-refractivity contribution is 0.432. The van der Waals surface area contributed by atoms with Crippen molar-refractivity contribution in [3.63, 3.8) is 0 Å². The summed E-state index contributed by atoms with van der Waals surface area (Å²) in [7, 11) is 3.65. The van der Waals surface area contributed by atoms with E-state index in [0.29, 0.717) is 11.7 Å². The highest BCUT2D eigenvalue weighted by molar-refractivity contribution is 5.38. The number of rotatable bonds is 5. The molecule has 8 nitrogen and oxygen atoms in total. The van der Waals surface area contributed by atoms with Gasteiger partial charge in [0.05, 0.1) is 5.69 Å². The van der Waals surface area contributed by atoms with Crippen LogP contribution in [0.15, 0.2) is 12.1 Å². The van der Waals surface area contributed by atoms with E-state index in [4.69, 9.17) is 10.6 Å². The van der Waals surface area contributed by atoms with E-state index in [1.54, 1.807) is 4.90 Å². The monoisotopic (exact) mass is 289 g/mol. The number of aryl methyl sites for hydroxylation is 2. The highest BCUT2D eigenvalue weighted by atomic mass is 16.5. The van der Waals surface area contributed by atoms with Crippen molar-refractivity contribution in [3.05, 3.63) is 23.5 Å². The largest absolute Gasteiger partial charge is 0.422 e. The lowest BCUT2D eigenvalue weighted by Gasteiger charge is -2.13. The van der Waals surface area contributed by atoms with Gasteiger partial charge in [0.1, 0.15) is 0 Å². The molecule has 2 heterocycles. The predicted octanol–water partition coefficient (Wildman–Crippen LogP) is 1.28. The molecule has 8 heteroatoms. The van der Waals surface area contributed by atoms with Crippen molar-refractivity contribution >= 4 is 11.9 Å². The van der Waals surface area contributed by atoms with Gasteiger partial charge in [0.25, 0.3) is 0 Å². The fourth-order valence-corrected chi connectivity index (χ4v) is 1.70. The Morgan fingerprint density at radius 2 is 1.95 bits per heavy atom. The van der Waals surface area contributed by atoms with Crippen LogP contribution in [0.5, 0.6) is 11.8 Å². The average Bonchev–Trinajstić information content (AvgIpc) is 2.48. The Labute approximate surface area is 123 Å². The van der Waals surface area contributed by atoms with Crippen molar-refractivity contribution in [1.82, 2.24) is 19.9 Å². The number of anilines is 2. The van der Waals surface area contributed by atoms with Crippen molar-refractivity contribution in [2.75, 3.05) is 24.4 Å². The number of aromatic nitrogens is 4. The van der Waals surface area contributed by atoms with Gasteiger partial charge in [0.15, 0.2) is 5.75 Å². The zero-order valence-electron chi connectivity index (χ0n) is 12.6. The van der Waals surface area contributed by atoms with Gasteiger partial charge in [-0.2, -0.15) is 15.0 Å². The van der Waals surface area contributed by atoms with Gasteiger partial charge in [-0.15, -0.1) is 0 Å². The first kappa shape index (κ1) is 14.9. The van der Waals surface area contributed by atoms with Crippen LogP contribution >= 0.6 is 0 Å². The lowest BCUT2D eigenvalue weighted by atomic mass is 10.2. The molecule has 0 amide bonds. The van der Waals surface area contributed by atoms with Gasteiger partial charge in [-0.1, -0.05) is 6.92 Å². The van der Waals surface area contributed by atoms with E-state index in [-0.39, 0.29) is 12.0 Å². The third kappa shape index (κ3) is 3.54. The minimum atomic E-state index is 0.169. The van der Waals surface area contributed by atoms with Crippen LogP contribution in [0.2, 0.25) is 0 Å².